The summed E-state index contributed by atoms with van der Waals surface area (Å²) in [5, 5.41) is 17.8. The highest BCUT2D eigenvalue weighted by Crippen LogP contribution is 2.27. The zero-order valence-electron chi connectivity index (χ0n) is 11.5. The summed E-state index contributed by atoms with van der Waals surface area (Å²) in [5.74, 6) is 0.221. The van der Waals surface area contributed by atoms with Crippen LogP contribution in [0.4, 0.5) is 5.69 Å². The van der Waals surface area contributed by atoms with Gasteiger partial charge in [-0.2, -0.15) is 10.5 Å². The van der Waals surface area contributed by atoms with Crippen molar-refractivity contribution in [2.75, 3.05) is 31.1 Å². The third kappa shape index (κ3) is 2.48. The lowest BCUT2D eigenvalue weighted by atomic mass is 10.1. The van der Waals surface area contributed by atoms with Crippen LogP contribution in [0.1, 0.15) is 18.4 Å². The molecule has 0 radical (unpaired) electrons. The number of nitriles is 2. The summed E-state index contributed by atoms with van der Waals surface area (Å²) in [6, 6.07) is 12.9. The minimum absolute atomic E-state index is 0.221. The Kier molecular flexibility index (Phi) is 3.58. The lowest BCUT2D eigenvalue weighted by Gasteiger charge is -2.24. The average molecular weight is 266 g/mol. The third-order valence-corrected chi connectivity index (χ3v) is 4.44. The van der Waals surface area contributed by atoms with E-state index in [9.17, 15) is 0 Å². The second-order valence-corrected chi connectivity index (χ2v) is 5.66. The summed E-state index contributed by atoms with van der Waals surface area (Å²) in [6.45, 7) is 4.08. The number of rotatable bonds is 2. The highest BCUT2D eigenvalue weighted by molar-refractivity contribution is 5.50. The molecule has 0 aromatic heterocycles. The smallest absolute Gasteiger partial charge is 0.0991 e. The van der Waals surface area contributed by atoms with E-state index in [1.807, 2.05) is 24.3 Å². The highest BCUT2D eigenvalue weighted by atomic mass is 15.3. The Morgan fingerprint density at radius 3 is 2.45 bits per heavy atom. The number of hydrogen-bond donors (Lipinski definition) is 0. The van der Waals surface area contributed by atoms with Gasteiger partial charge in [0.25, 0.3) is 0 Å². The predicted octanol–water partition coefficient (Wildman–Crippen LogP) is 1.98. The molecule has 0 amide bonds. The van der Waals surface area contributed by atoms with Crippen molar-refractivity contribution in [1.82, 2.24) is 4.90 Å². The van der Waals surface area contributed by atoms with Crippen LogP contribution in [0.2, 0.25) is 0 Å². The van der Waals surface area contributed by atoms with Gasteiger partial charge in [0.2, 0.25) is 0 Å². The molecule has 2 atom stereocenters. The maximum Gasteiger partial charge on any atom is 0.0991 e. The molecule has 2 fully saturated rings. The van der Waals surface area contributed by atoms with Gasteiger partial charge in [-0.25, -0.2) is 0 Å². The van der Waals surface area contributed by atoms with Crippen molar-refractivity contribution in [3.63, 3.8) is 0 Å². The largest absolute Gasteiger partial charge is 0.370 e. The minimum Gasteiger partial charge on any atom is -0.370 e. The molecule has 102 valence electrons. The third-order valence-electron chi connectivity index (χ3n) is 4.44. The van der Waals surface area contributed by atoms with E-state index in [2.05, 4.69) is 21.9 Å². The van der Waals surface area contributed by atoms with E-state index >= 15 is 0 Å². The van der Waals surface area contributed by atoms with Gasteiger partial charge in [0.1, 0.15) is 0 Å². The molecule has 4 heteroatoms. The van der Waals surface area contributed by atoms with Gasteiger partial charge in [-0.15, -0.1) is 0 Å². The molecular formula is C16H18N4. The van der Waals surface area contributed by atoms with Crippen LogP contribution in [0.25, 0.3) is 0 Å². The van der Waals surface area contributed by atoms with Crippen molar-refractivity contribution in [3.05, 3.63) is 29.8 Å². The first kappa shape index (κ1) is 13.0. The molecular weight excluding hydrogens is 248 g/mol. The van der Waals surface area contributed by atoms with Crippen LogP contribution in [0.5, 0.6) is 0 Å². The monoisotopic (exact) mass is 266 g/mol. The maximum absolute atomic E-state index is 8.99. The van der Waals surface area contributed by atoms with Crippen molar-refractivity contribution < 1.29 is 0 Å². The molecule has 0 bridgehead atoms. The molecule has 2 heterocycles. The van der Waals surface area contributed by atoms with E-state index in [1.54, 1.807) is 0 Å². The zero-order valence-corrected chi connectivity index (χ0v) is 11.5. The Hall–Kier alpha value is -2.04. The fourth-order valence-electron chi connectivity index (χ4n) is 3.25. The number of likely N-dealkylation sites (tertiary alicyclic amines) is 1. The van der Waals surface area contributed by atoms with Crippen LogP contribution in [0, 0.1) is 28.6 Å². The quantitative estimate of drug-likeness (QED) is 0.821. The molecule has 0 saturated carbocycles. The SMILES string of the molecule is N#Cc1ccc(N2CCC(N3CCC(C#N)C3)C2)cc1. The van der Waals surface area contributed by atoms with Gasteiger partial charge in [-0.05, 0) is 43.7 Å². The first-order chi connectivity index (χ1) is 9.80. The molecule has 2 aliphatic heterocycles. The molecule has 4 nitrogen and oxygen atoms in total. The number of nitrogens with zero attached hydrogens (tertiary/aromatic N) is 4. The van der Waals surface area contributed by atoms with Crippen LogP contribution in [-0.2, 0) is 0 Å². The lowest BCUT2D eigenvalue weighted by molar-refractivity contribution is 0.255. The Bertz CT molecular complexity index is 551. The van der Waals surface area contributed by atoms with Gasteiger partial charge in [0.05, 0.1) is 23.6 Å². The van der Waals surface area contributed by atoms with Crippen molar-refractivity contribution in [1.29, 1.82) is 10.5 Å². The van der Waals surface area contributed by atoms with Crippen LogP contribution < -0.4 is 4.90 Å². The average Bonchev–Trinajstić information content (AvgIpc) is 3.16. The van der Waals surface area contributed by atoms with E-state index in [0.29, 0.717) is 11.6 Å². The van der Waals surface area contributed by atoms with Crippen LogP contribution in [0.3, 0.4) is 0 Å². The summed E-state index contributed by atoms with van der Waals surface area (Å²) >= 11 is 0. The summed E-state index contributed by atoms with van der Waals surface area (Å²) < 4.78 is 0. The van der Waals surface area contributed by atoms with Crippen molar-refractivity contribution in [2.45, 2.75) is 18.9 Å². The van der Waals surface area contributed by atoms with Gasteiger partial charge in [0.15, 0.2) is 0 Å². The summed E-state index contributed by atoms with van der Waals surface area (Å²) in [4.78, 5) is 4.85. The van der Waals surface area contributed by atoms with E-state index in [0.717, 1.165) is 39.0 Å². The number of hydrogen-bond acceptors (Lipinski definition) is 4. The second-order valence-electron chi connectivity index (χ2n) is 5.66. The molecule has 0 N–H and O–H groups in total. The van der Waals surface area contributed by atoms with E-state index in [1.165, 1.54) is 5.69 Å². The van der Waals surface area contributed by atoms with E-state index in [4.69, 9.17) is 10.5 Å². The van der Waals surface area contributed by atoms with Crippen LogP contribution in [0.15, 0.2) is 24.3 Å². The standard InChI is InChI=1S/C16H18N4/c17-9-13-1-3-15(4-2-13)20-8-6-16(12-20)19-7-5-14(10-18)11-19/h1-4,14,16H,5-8,11-12H2. The topological polar surface area (TPSA) is 54.1 Å². The number of anilines is 1. The lowest BCUT2D eigenvalue weighted by Crippen LogP contribution is -2.35. The van der Waals surface area contributed by atoms with Gasteiger partial charge >= 0.3 is 0 Å². The molecule has 1 aromatic rings. The molecule has 0 aliphatic carbocycles. The normalized spacial score (nSPS) is 26.4. The Morgan fingerprint density at radius 2 is 1.80 bits per heavy atom. The fraction of sp³-hybridized carbons (Fsp3) is 0.500. The van der Waals surface area contributed by atoms with E-state index in [-0.39, 0.29) is 5.92 Å². The zero-order chi connectivity index (χ0) is 13.9. The first-order valence-electron chi connectivity index (χ1n) is 7.19. The van der Waals surface area contributed by atoms with Crippen molar-refractivity contribution >= 4 is 5.69 Å². The Balaban J connectivity index is 1.62. The van der Waals surface area contributed by atoms with Crippen LogP contribution >= 0.6 is 0 Å². The van der Waals surface area contributed by atoms with E-state index < -0.39 is 0 Å². The molecule has 3 rings (SSSR count). The second kappa shape index (κ2) is 5.53. The summed E-state index contributed by atoms with van der Waals surface area (Å²) in [7, 11) is 0. The first-order valence-corrected chi connectivity index (χ1v) is 7.19. The fourth-order valence-corrected chi connectivity index (χ4v) is 3.25. The molecule has 2 aliphatic rings. The van der Waals surface area contributed by atoms with Crippen molar-refractivity contribution in [2.24, 2.45) is 5.92 Å². The molecule has 2 saturated heterocycles. The molecule has 2 unspecified atom stereocenters. The van der Waals surface area contributed by atoms with Gasteiger partial charge < -0.3 is 4.90 Å². The Morgan fingerprint density at radius 1 is 1.00 bits per heavy atom. The van der Waals surface area contributed by atoms with Gasteiger partial charge in [-0.3, -0.25) is 4.90 Å². The maximum atomic E-state index is 8.99. The molecule has 20 heavy (non-hydrogen) atoms. The molecule has 0 spiro atoms. The van der Waals surface area contributed by atoms with Crippen molar-refractivity contribution in [3.8, 4) is 12.1 Å². The number of benzene rings is 1. The van der Waals surface area contributed by atoms with Gasteiger partial charge in [-0.1, -0.05) is 0 Å². The summed E-state index contributed by atoms with van der Waals surface area (Å²) in [5.41, 5.74) is 1.91. The highest BCUT2D eigenvalue weighted by Gasteiger charge is 2.32. The molecule has 1 aromatic carbocycles. The van der Waals surface area contributed by atoms with Gasteiger partial charge in [0, 0.05) is 31.4 Å². The van der Waals surface area contributed by atoms with Crippen LogP contribution in [-0.4, -0.2) is 37.1 Å². The Labute approximate surface area is 119 Å². The summed E-state index contributed by atoms with van der Waals surface area (Å²) in [6.07, 6.45) is 2.18. The minimum atomic E-state index is 0.221. The predicted molar refractivity (Wildman–Crippen MR) is 77.1 cm³/mol.